The molecule has 156 valence electrons. The minimum atomic E-state index is -3.64. The van der Waals surface area contributed by atoms with Crippen LogP contribution in [-0.2, 0) is 14.8 Å². The summed E-state index contributed by atoms with van der Waals surface area (Å²) in [6, 6.07) is 5.04. The molecule has 1 aromatic carbocycles. The zero-order valence-electron chi connectivity index (χ0n) is 16.0. The van der Waals surface area contributed by atoms with Crippen molar-refractivity contribution in [3.63, 3.8) is 0 Å². The molecule has 6 nitrogen and oxygen atoms in total. The maximum Gasteiger partial charge on any atom is 0.244 e. The molecule has 28 heavy (non-hydrogen) atoms. The van der Waals surface area contributed by atoms with E-state index in [0.29, 0.717) is 38.6 Å². The largest absolute Gasteiger partial charge is 0.352 e. The van der Waals surface area contributed by atoms with Crippen LogP contribution in [0, 0.1) is 5.92 Å². The minimum Gasteiger partial charge on any atom is -0.352 e. The summed E-state index contributed by atoms with van der Waals surface area (Å²) >= 11 is 9.43. The predicted octanol–water partition coefficient (Wildman–Crippen LogP) is 3.10. The zero-order valence-corrected chi connectivity index (χ0v) is 19.2. The summed E-state index contributed by atoms with van der Waals surface area (Å²) in [5, 5.41) is 3.37. The Labute approximate surface area is 180 Å². The van der Waals surface area contributed by atoms with Gasteiger partial charge in [0.2, 0.25) is 15.9 Å². The molecule has 2 fully saturated rings. The van der Waals surface area contributed by atoms with Crippen molar-refractivity contribution in [2.45, 2.75) is 43.5 Å². The molecule has 2 atom stereocenters. The van der Waals surface area contributed by atoms with Crippen molar-refractivity contribution in [1.82, 2.24) is 14.5 Å². The molecule has 0 aromatic heterocycles. The summed E-state index contributed by atoms with van der Waals surface area (Å²) < 4.78 is 27.9. The third-order valence-electron chi connectivity index (χ3n) is 5.67. The molecule has 9 heteroatoms. The monoisotopic (exact) mass is 491 g/mol. The van der Waals surface area contributed by atoms with Crippen LogP contribution < -0.4 is 5.32 Å². The summed E-state index contributed by atoms with van der Waals surface area (Å²) in [4.78, 5) is 14.5. The van der Waals surface area contributed by atoms with E-state index in [1.165, 1.54) is 29.6 Å². The Kier molecular flexibility index (Phi) is 7.42. The highest BCUT2D eigenvalue weighted by Crippen LogP contribution is 2.28. The number of nitrogens with one attached hydrogen (secondary N) is 1. The molecule has 0 radical (unpaired) electrons. The van der Waals surface area contributed by atoms with Crippen molar-refractivity contribution >= 4 is 43.5 Å². The van der Waals surface area contributed by atoms with Crippen molar-refractivity contribution in [3.05, 3.63) is 27.7 Å². The van der Waals surface area contributed by atoms with Gasteiger partial charge in [0.15, 0.2) is 0 Å². The number of rotatable bonds is 5. The van der Waals surface area contributed by atoms with Crippen LogP contribution in [0.4, 0.5) is 0 Å². The molecule has 1 saturated heterocycles. The highest BCUT2D eigenvalue weighted by molar-refractivity contribution is 9.10. The van der Waals surface area contributed by atoms with Gasteiger partial charge in [0, 0.05) is 36.7 Å². The van der Waals surface area contributed by atoms with E-state index in [1.54, 1.807) is 12.1 Å². The topological polar surface area (TPSA) is 69.7 Å². The molecule has 0 spiro atoms. The van der Waals surface area contributed by atoms with Crippen molar-refractivity contribution in [3.8, 4) is 0 Å². The molecule has 2 unspecified atom stereocenters. The lowest BCUT2D eigenvalue weighted by atomic mass is 9.86. The first-order valence-electron chi connectivity index (χ1n) is 9.74. The lowest BCUT2D eigenvalue weighted by molar-refractivity contribution is -0.123. The first kappa shape index (κ1) is 22.0. The van der Waals surface area contributed by atoms with E-state index in [1.807, 2.05) is 4.90 Å². The van der Waals surface area contributed by atoms with Gasteiger partial charge in [-0.2, -0.15) is 4.31 Å². The van der Waals surface area contributed by atoms with E-state index >= 15 is 0 Å². The average molecular weight is 493 g/mol. The SMILES string of the molecule is CC1CCCCC1NC(=O)CN1CCN(S(=O)(=O)c2ccc(Br)cc2Cl)CC1. The Morgan fingerprint density at radius 1 is 1.21 bits per heavy atom. The van der Waals surface area contributed by atoms with E-state index in [2.05, 4.69) is 28.2 Å². The average Bonchev–Trinajstić information content (AvgIpc) is 2.64. The van der Waals surface area contributed by atoms with Crippen molar-refractivity contribution in [2.75, 3.05) is 32.7 Å². The van der Waals surface area contributed by atoms with E-state index in [-0.39, 0.29) is 21.9 Å². The van der Waals surface area contributed by atoms with Crippen molar-refractivity contribution < 1.29 is 13.2 Å². The number of piperazine rings is 1. The quantitative estimate of drug-likeness (QED) is 0.686. The fourth-order valence-corrected chi connectivity index (χ4v) is 6.37. The second-order valence-corrected chi connectivity index (χ2v) is 10.9. The molecular formula is C19H27BrClN3O3S. The predicted molar refractivity (Wildman–Crippen MR) is 114 cm³/mol. The highest BCUT2D eigenvalue weighted by Gasteiger charge is 2.31. The van der Waals surface area contributed by atoms with E-state index in [4.69, 9.17) is 11.6 Å². The molecular weight excluding hydrogens is 466 g/mol. The number of amides is 1. The summed E-state index contributed by atoms with van der Waals surface area (Å²) in [6.07, 6.45) is 4.63. The standard InChI is InChI=1S/C19H27BrClN3O3S/c1-14-4-2-3-5-17(14)22-19(25)13-23-8-10-24(11-9-23)28(26,27)18-7-6-15(20)12-16(18)21/h6-7,12,14,17H,2-5,8-11,13H2,1H3,(H,22,25). The Balaban J connectivity index is 1.53. The number of carbonyl (C=O) groups excluding carboxylic acids is 1. The fraction of sp³-hybridized carbons (Fsp3) is 0.632. The summed E-state index contributed by atoms with van der Waals surface area (Å²) in [5.41, 5.74) is 0. The fourth-order valence-electron chi connectivity index (χ4n) is 3.94. The summed E-state index contributed by atoms with van der Waals surface area (Å²) in [5.74, 6) is 0.557. The van der Waals surface area contributed by atoms with Crippen LogP contribution in [0.3, 0.4) is 0 Å². The molecule has 0 bridgehead atoms. The van der Waals surface area contributed by atoms with Crippen LogP contribution in [-0.4, -0.2) is 62.3 Å². The first-order valence-corrected chi connectivity index (χ1v) is 12.4. The van der Waals surface area contributed by atoms with Crippen LogP contribution in [0.15, 0.2) is 27.6 Å². The van der Waals surface area contributed by atoms with Gasteiger partial charge in [-0.05, 0) is 37.0 Å². The van der Waals surface area contributed by atoms with Gasteiger partial charge in [-0.15, -0.1) is 0 Å². The lowest BCUT2D eigenvalue weighted by Gasteiger charge is -2.35. The molecule has 1 aromatic rings. The second-order valence-electron chi connectivity index (χ2n) is 7.69. The summed E-state index contributed by atoms with van der Waals surface area (Å²) in [7, 11) is -3.64. The number of hydrogen-bond donors (Lipinski definition) is 1. The lowest BCUT2D eigenvalue weighted by Crippen LogP contribution is -2.52. The van der Waals surface area contributed by atoms with Gasteiger partial charge in [-0.25, -0.2) is 8.42 Å². The molecule has 1 aliphatic heterocycles. The molecule has 1 amide bonds. The number of benzene rings is 1. The second kappa shape index (κ2) is 9.43. The smallest absolute Gasteiger partial charge is 0.244 e. The third-order valence-corrected chi connectivity index (χ3v) is 8.54. The molecule has 1 N–H and O–H groups in total. The van der Waals surface area contributed by atoms with E-state index in [0.717, 1.165) is 10.9 Å². The normalized spacial score (nSPS) is 24.8. The van der Waals surface area contributed by atoms with Gasteiger partial charge in [0.1, 0.15) is 4.90 Å². The first-order chi connectivity index (χ1) is 13.3. The van der Waals surface area contributed by atoms with Crippen molar-refractivity contribution in [2.24, 2.45) is 5.92 Å². The van der Waals surface area contributed by atoms with Crippen LogP contribution in [0.25, 0.3) is 0 Å². The Hall–Kier alpha value is -0.670. The van der Waals surface area contributed by atoms with Crippen LogP contribution in [0.2, 0.25) is 5.02 Å². The zero-order chi connectivity index (χ0) is 20.3. The van der Waals surface area contributed by atoms with Crippen LogP contribution >= 0.6 is 27.5 Å². The van der Waals surface area contributed by atoms with Crippen LogP contribution in [0.5, 0.6) is 0 Å². The van der Waals surface area contributed by atoms with E-state index < -0.39 is 10.0 Å². The number of nitrogens with zero attached hydrogens (tertiary/aromatic N) is 2. The van der Waals surface area contributed by atoms with Gasteiger partial charge >= 0.3 is 0 Å². The highest BCUT2D eigenvalue weighted by atomic mass is 79.9. The third kappa shape index (κ3) is 5.27. The van der Waals surface area contributed by atoms with Gasteiger partial charge in [-0.3, -0.25) is 9.69 Å². The maximum atomic E-state index is 12.9. The van der Waals surface area contributed by atoms with Crippen LogP contribution in [0.1, 0.15) is 32.6 Å². The molecule has 3 rings (SSSR count). The number of sulfonamides is 1. The van der Waals surface area contributed by atoms with Crippen molar-refractivity contribution in [1.29, 1.82) is 0 Å². The Morgan fingerprint density at radius 2 is 1.89 bits per heavy atom. The molecule has 1 heterocycles. The van der Waals surface area contributed by atoms with Gasteiger partial charge < -0.3 is 5.32 Å². The minimum absolute atomic E-state index is 0.0333. The van der Waals surface area contributed by atoms with Gasteiger partial charge in [0.25, 0.3) is 0 Å². The Bertz CT molecular complexity index is 813. The molecule has 2 aliphatic rings. The molecule has 1 aliphatic carbocycles. The van der Waals surface area contributed by atoms with E-state index in [9.17, 15) is 13.2 Å². The summed E-state index contributed by atoms with van der Waals surface area (Å²) in [6.45, 7) is 4.27. The Morgan fingerprint density at radius 3 is 2.54 bits per heavy atom. The maximum absolute atomic E-state index is 12.9. The molecule has 1 saturated carbocycles. The van der Waals surface area contributed by atoms with Gasteiger partial charge in [0.05, 0.1) is 11.6 Å². The number of halogens is 2. The number of carbonyl (C=O) groups is 1. The van der Waals surface area contributed by atoms with Gasteiger partial charge in [-0.1, -0.05) is 47.3 Å². The number of hydrogen-bond acceptors (Lipinski definition) is 4.